The van der Waals surface area contributed by atoms with Crippen molar-refractivity contribution in [3.63, 3.8) is 0 Å². The lowest BCUT2D eigenvalue weighted by Crippen LogP contribution is -2.53. The van der Waals surface area contributed by atoms with Crippen LogP contribution in [0.25, 0.3) is 0 Å². The van der Waals surface area contributed by atoms with Gasteiger partial charge in [0.25, 0.3) is 0 Å². The van der Waals surface area contributed by atoms with Crippen LogP contribution in [0.4, 0.5) is 4.39 Å². The molecule has 1 saturated heterocycles. The summed E-state index contributed by atoms with van der Waals surface area (Å²) in [6, 6.07) is 7.57. The molecule has 1 heterocycles. The number of nitrogens with zero attached hydrogens (tertiary/aromatic N) is 3. The van der Waals surface area contributed by atoms with Gasteiger partial charge < -0.3 is 4.74 Å². The van der Waals surface area contributed by atoms with E-state index in [2.05, 4.69) is 15.9 Å². The molecule has 21 heavy (non-hydrogen) atoms. The molecule has 0 unspecified atom stereocenters. The zero-order chi connectivity index (χ0) is 15.5. The molecule has 0 spiro atoms. The first-order valence-electron chi connectivity index (χ1n) is 7.18. The van der Waals surface area contributed by atoms with Crippen LogP contribution in [0.1, 0.15) is 19.4 Å². The van der Waals surface area contributed by atoms with E-state index < -0.39 is 5.54 Å². The van der Waals surface area contributed by atoms with Crippen molar-refractivity contribution in [1.82, 2.24) is 9.80 Å². The average Bonchev–Trinajstić information content (AvgIpc) is 2.50. The predicted molar refractivity (Wildman–Crippen MR) is 79.5 cm³/mol. The van der Waals surface area contributed by atoms with Gasteiger partial charge in [0.2, 0.25) is 0 Å². The number of hydrogen-bond acceptors (Lipinski definition) is 4. The van der Waals surface area contributed by atoms with Crippen molar-refractivity contribution < 1.29 is 9.13 Å². The van der Waals surface area contributed by atoms with Crippen LogP contribution in [-0.2, 0) is 6.54 Å². The normalized spacial score (nSPS) is 17.5. The van der Waals surface area contributed by atoms with E-state index in [0.717, 1.165) is 26.2 Å². The predicted octanol–water partition coefficient (Wildman–Crippen LogP) is 2.25. The Morgan fingerprint density at radius 1 is 1.29 bits per heavy atom. The second-order valence-corrected chi connectivity index (χ2v) is 5.87. The molecule has 1 aliphatic rings. The molecule has 114 valence electrons. The van der Waals surface area contributed by atoms with Crippen molar-refractivity contribution in [2.45, 2.75) is 25.9 Å². The van der Waals surface area contributed by atoms with Gasteiger partial charge in [-0.25, -0.2) is 4.39 Å². The first-order valence-corrected chi connectivity index (χ1v) is 7.18. The minimum Gasteiger partial charge on any atom is -0.494 e. The van der Waals surface area contributed by atoms with Gasteiger partial charge in [-0.05, 0) is 19.9 Å². The fourth-order valence-corrected chi connectivity index (χ4v) is 2.61. The molecule has 0 radical (unpaired) electrons. The van der Waals surface area contributed by atoms with E-state index in [1.54, 1.807) is 12.1 Å². The summed E-state index contributed by atoms with van der Waals surface area (Å²) in [6.07, 6.45) is 0. The maximum Gasteiger partial charge on any atom is 0.169 e. The molecule has 0 N–H and O–H groups in total. The molecule has 4 nitrogen and oxygen atoms in total. The monoisotopic (exact) mass is 291 g/mol. The maximum atomic E-state index is 14.1. The second-order valence-electron chi connectivity index (χ2n) is 5.87. The van der Waals surface area contributed by atoms with E-state index in [4.69, 9.17) is 4.74 Å². The van der Waals surface area contributed by atoms with Crippen molar-refractivity contribution in [3.05, 3.63) is 29.6 Å². The third kappa shape index (κ3) is 3.52. The smallest absolute Gasteiger partial charge is 0.169 e. The molecule has 5 heteroatoms. The van der Waals surface area contributed by atoms with E-state index in [-0.39, 0.29) is 11.6 Å². The highest BCUT2D eigenvalue weighted by Gasteiger charge is 2.29. The number of hydrogen-bond donors (Lipinski definition) is 0. The van der Waals surface area contributed by atoms with Gasteiger partial charge in [0.1, 0.15) is 5.54 Å². The Bertz CT molecular complexity index is 531. The topological polar surface area (TPSA) is 39.5 Å². The molecular formula is C16H22FN3O. The van der Waals surface area contributed by atoms with E-state index in [9.17, 15) is 9.65 Å². The molecule has 0 aromatic heterocycles. The SMILES string of the molecule is COc1cccc(CN2CCN(C(C)(C)C#N)CC2)c1F. The van der Waals surface area contributed by atoms with E-state index in [0.29, 0.717) is 12.1 Å². The van der Waals surface area contributed by atoms with Gasteiger partial charge in [-0.3, -0.25) is 9.80 Å². The summed E-state index contributed by atoms with van der Waals surface area (Å²) in [4.78, 5) is 4.38. The minimum absolute atomic E-state index is 0.278. The zero-order valence-electron chi connectivity index (χ0n) is 12.9. The molecule has 0 saturated carbocycles. The molecule has 0 amide bonds. The number of benzene rings is 1. The number of ether oxygens (including phenoxy) is 1. The number of piperazine rings is 1. The Morgan fingerprint density at radius 3 is 2.52 bits per heavy atom. The van der Waals surface area contributed by atoms with Crippen LogP contribution >= 0.6 is 0 Å². The number of rotatable bonds is 4. The summed E-state index contributed by atoms with van der Waals surface area (Å²) in [7, 11) is 1.48. The maximum absolute atomic E-state index is 14.1. The van der Waals surface area contributed by atoms with Crippen LogP contribution in [0, 0.1) is 17.1 Å². The van der Waals surface area contributed by atoms with Crippen molar-refractivity contribution in [2.75, 3.05) is 33.3 Å². The molecule has 2 rings (SSSR count). The number of nitriles is 1. The number of halogens is 1. The van der Waals surface area contributed by atoms with Crippen LogP contribution in [-0.4, -0.2) is 48.6 Å². The third-order valence-corrected chi connectivity index (χ3v) is 4.09. The van der Waals surface area contributed by atoms with Gasteiger partial charge in [-0.2, -0.15) is 5.26 Å². The summed E-state index contributed by atoms with van der Waals surface area (Å²) >= 11 is 0. The highest BCUT2D eigenvalue weighted by Crippen LogP contribution is 2.22. The fourth-order valence-electron chi connectivity index (χ4n) is 2.61. The molecule has 1 aromatic carbocycles. The van der Waals surface area contributed by atoms with Crippen molar-refractivity contribution in [3.8, 4) is 11.8 Å². The van der Waals surface area contributed by atoms with Gasteiger partial charge >= 0.3 is 0 Å². The fraction of sp³-hybridized carbons (Fsp3) is 0.562. The lowest BCUT2D eigenvalue weighted by Gasteiger charge is -2.40. The lowest BCUT2D eigenvalue weighted by atomic mass is 10.0. The van der Waals surface area contributed by atoms with Crippen LogP contribution in [0.3, 0.4) is 0 Å². The molecule has 0 bridgehead atoms. The summed E-state index contributed by atoms with van der Waals surface area (Å²) in [6.45, 7) is 7.76. The molecule has 0 aliphatic carbocycles. The first kappa shape index (κ1) is 15.7. The Labute approximate surface area is 125 Å². The van der Waals surface area contributed by atoms with Crippen LogP contribution in [0.5, 0.6) is 5.75 Å². The zero-order valence-corrected chi connectivity index (χ0v) is 12.9. The quantitative estimate of drug-likeness (QED) is 0.853. The Kier molecular flexibility index (Phi) is 4.81. The first-order chi connectivity index (χ1) is 9.97. The standard InChI is InChI=1S/C16H22FN3O/c1-16(2,12-18)20-9-7-19(8-10-20)11-13-5-4-6-14(21-3)15(13)17/h4-6H,7-11H2,1-3H3. The minimum atomic E-state index is -0.437. The van der Waals surface area contributed by atoms with Crippen LogP contribution in [0.15, 0.2) is 18.2 Å². The highest BCUT2D eigenvalue weighted by molar-refractivity contribution is 5.31. The molecule has 0 atom stereocenters. The molecule has 1 aromatic rings. The van der Waals surface area contributed by atoms with Gasteiger partial charge in [-0.15, -0.1) is 0 Å². The van der Waals surface area contributed by atoms with Crippen LogP contribution in [0.2, 0.25) is 0 Å². The van der Waals surface area contributed by atoms with Crippen molar-refractivity contribution >= 4 is 0 Å². The Hall–Kier alpha value is -1.64. The van der Waals surface area contributed by atoms with Crippen LogP contribution < -0.4 is 4.74 Å². The highest BCUT2D eigenvalue weighted by atomic mass is 19.1. The summed E-state index contributed by atoms with van der Waals surface area (Å²) < 4.78 is 19.2. The van der Waals surface area contributed by atoms with Gasteiger partial charge in [0, 0.05) is 38.3 Å². The molecular weight excluding hydrogens is 269 g/mol. The Balaban J connectivity index is 1.97. The lowest BCUT2D eigenvalue weighted by molar-refractivity contribution is 0.0757. The molecule has 1 fully saturated rings. The van der Waals surface area contributed by atoms with E-state index in [1.165, 1.54) is 7.11 Å². The summed E-state index contributed by atoms with van der Waals surface area (Å²) in [5.74, 6) is 0.0107. The van der Waals surface area contributed by atoms with Gasteiger partial charge in [0.05, 0.1) is 13.2 Å². The average molecular weight is 291 g/mol. The largest absolute Gasteiger partial charge is 0.494 e. The molecule has 1 aliphatic heterocycles. The van der Waals surface area contributed by atoms with Crippen molar-refractivity contribution in [1.29, 1.82) is 5.26 Å². The second kappa shape index (κ2) is 6.42. The summed E-state index contributed by atoms with van der Waals surface area (Å²) in [5.41, 5.74) is 0.218. The summed E-state index contributed by atoms with van der Waals surface area (Å²) in [5, 5.41) is 9.17. The van der Waals surface area contributed by atoms with Gasteiger partial charge in [-0.1, -0.05) is 12.1 Å². The van der Waals surface area contributed by atoms with E-state index >= 15 is 0 Å². The third-order valence-electron chi connectivity index (χ3n) is 4.09. The number of methoxy groups -OCH3 is 1. The van der Waals surface area contributed by atoms with Crippen molar-refractivity contribution in [2.24, 2.45) is 0 Å². The van der Waals surface area contributed by atoms with E-state index in [1.807, 2.05) is 19.9 Å². The Morgan fingerprint density at radius 2 is 1.95 bits per heavy atom. The van der Waals surface area contributed by atoms with Gasteiger partial charge in [0.15, 0.2) is 11.6 Å².